The monoisotopic (exact) mass is 381 g/mol. The Labute approximate surface area is 155 Å². The van der Waals surface area contributed by atoms with Gasteiger partial charge in [0.2, 0.25) is 0 Å². The van der Waals surface area contributed by atoms with Crippen molar-refractivity contribution in [2.45, 2.75) is 13.0 Å². The number of nitrogens with one attached hydrogen (secondary N) is 1. The molecule has 0 aliphatic rings. The van der Waals surface area contributed by atoms with Gasteiger partial charge in [0, 0.05) is 18.7 Å². The summed E-state index contributed by atoms with van der Waals surface area (Å²) in [7, 11) is 3.94. The number of hydrogen-bond acceptors (Lipinski definition) is 6. The van der Waals surface area contributed by atoms with Gasteiger partial charge in [-0.1, -0.05) is 11.6 Å². The third-order valence-corrected chi connectivity index (χ3v) is 3.74. The summed E-state index contributed by atoms with van der Waals surface area (Å²) in [5.41, 5.74) is -0.117. The van der Waals surface area contributed by atoms with Crippen LogP contribution in [0, 0.1) is 10.1 Å². The second-order valence-electron chi connectivity index (χ2n) is 5.84. The number of benzene rings is 1. The van der Waals surface area contributed by atoms with Gasteiger partial charge in [0.25, 0.3) is 11.6 Å². The molecule has 0 unspecified atom stereocenters. The Kier molecular flexibility index (Phi) is 6.99. The second kappa shape index (κ2) is 9.21. The zero-order valence-corrected chi connectivity index (χ0v) is 15.3. The lowest BCUT2D eigenvalue weighted by Gasteiger charge is -2.09. The number of furan rings is 1. The molecule has 26 heavy (non-hydrogen) atoms. The minimum absolute atomic E-state index is 0.0471. The number of carbonyl (C=O) groups is 1. The molecule has 140 valence electrons. The van der Waals surface area contributed by atoms with Gasteiger partial charge in [0.1, 0.15) is 18.1 Å². The summed E-state index contributed by atoms with van der Waals surface area (Å²) < 4.78 is 10.9. The van der Waals surface area contributed by atoms with Crippen LogP contribution in [0.4, 0.5) is 5.69 Å². The maximum atomic E-state index is 12.0. The molecule has 2 rings (SSSR count). The van der Waals surface area contributed by atoms with E-state index in [0.717, 1.165) is 13.0 Å². The number of hydrogen-bond donors (Lipinski definition) is 1. The topological polar surface area (TPSA) is 97.9 Å². The fraction of sp³-hybridized carbons (Fsp3) is 0.353. The molecule has 8 nitrogen and oxygen atoms in total. The van der Waals surface area contributed by atoms with Crippen molar-refractivity contribution >= 4 is 23.2 Å². The van der Waals surface area contributed by atoms with Crippen molar-refractivity contribution in [1.29, 1.82) is 0 Å². The summed E-state index contributed by atoms with van der Waals surface area (Å²) in [5.74, 6) is 0.646. The standard InChI is InChI=1S/C17H20ClN3O5/c1-20(2)9-3-8-19-17(22)16-7-5-13(26-16)11-25-15-6-4-12(21(23)24)10-14(15)18/h4-7,10H,3,8-9,11H2,1-2H3,(H,19,22). The average Bonchev–Trinajstić information content (AvgIpc) is 3.06. The normalized spacial score (nSPS) is 10.8. The molecule has 1 aromatic heterocycles. The van der Waals surface area contributed by atoms with Crippen LogP contribution in [0.25, 0.3) is 0 Å². The van der Waals surface area contributed by atoms with Crippen molar-refractivity contribution in [3.05, 3.63) is 57.0 Å². The SMILES string of the molecule is CN(C)CCCNC(=O)c1ccc(COc2ccc([N+](=O)[O-])cc2Cl)o1. The first-order valence-corrected chi connectivity index (χ1v) is 8.33. The Bertz CT molecular complexity index is 776. The number of amides is 1. The Hall–Kier alpha value is -2.58. The highest BCUT2D eigenvalue weighted by Crippen LogP contribution is 2.29. The molecule has 0 saturated heterocycles. The molecule has 0 bridgehead atoms. The van der Waals surface area contributed by atoms with Crippen LogP contribution in [0.3, 0.4) is 0 Å². The molecule has 2 aromatic rings. The fourth-order valence-electron chi connectivity index (χ4n) is 2.13. The summed E-state index contributed by atoms with van der Waals surface area (Å²) in [4.78, 5) is 24.2. The molecule has 9 heteroatoms. The number of nitrogens with zero attached hydrogens (tertiary/aromatic N) is 2. The average molecular weight is 382 g/mol. The van der Waals surface area contributed by atoms with E-state index in [-0.39, 0.29) is 29.0 Å². The summed E-state index contributed by atoms with van der Waals surface area (Å²) >= 11 is 5.96. The molecular formula is C17H20ClN3O5. The molecule has 0 atom stereocenters. The van der Waals surface area contributed by atoms with E-state index in [1.165, 1.54) is 18.2 Å². The molecule has 1 aromatic carbocycles. The lowest BCUT2D eigenvalue weighted by atomic mass is 10.3. The molecule has 0 fully saturated rings. The molecule has 0 aliphatic carbocycles. The second-order valence-corrected chi connectivity index (χ2v) is 6.25. The van der Waals surface area contributed by atoms with E-state index in [1.807, 2.05) is 19.0 Å². The van der Waals surface area contributed by atoms with Crippen LogP contribution < -0.4 is 10.1 Å². The molecule has 0 radical (unpaired) electrons. The van der Waals surface area contributed by atoms with Crippen molar-refractivity contribution in [1.82, 2.24) is 10.2 Å². The summed E-state index contributed by atoms with van der Waals surface area (Å²) in [6.45, 7) is 1.49. The van der Waals surface area contributed by atoms with Crippen LogP contribution in [0.1, 0.15) is 22.7 Å². The number of rotatable bonds is 9. The lowest BCUT2D eigenvalue weighted by molar-refractivity contribution is -0.384. The fourth-order valence-corrected chi connectivity index (χ4v) is 2.36. The van der Waals surface area contributed by atoms with Crippen molar-refractivity contribution in [3.63, 3.8) is 0 Å². The van der Waals surface area contributed by atoms with Gasteiger partial charge in [-0.25, -0.2) is 0 Å². The summed E-state index contributed by atoms with van der Waals surface area (Å²) in [5, 5.41) is 13.6. The van der Waals surface area contributed by atoms with Gasteiger partial charge in [-0.05, 0) is 45.3 Å². The van der Waals surface area contributed by atoms with Gasteiger partial charge in [0.05, 0.1) is 9.95 Å². The van der Waals surface area contributed by atoms with Gasteiger partial charge in [-0.15, -0.1) is 0 Å². The van der Waals surface area contributed by atoms with Crippen LogP contribution >= 0.6 is 11.6 Å². The maximum absolute atomic E-state index is 12.0. The Balaban J connectivity index is 1.86. The van der Waals surface area contributed by atoms with E-state index in [0.29, 0.717) is 18.1 Å². The highest BCUT2D eigenvalue weighted by atomic mass is 35.5. The minimum Gasteiger partial charge on any atom is -0.484 e. The van der Waals surface area contributed by atoms with Crippen LogP contribution in [-0.4, -0.2) is 42.9 Å². The van der Waals surface area contributed by atoms with Gasteiger partial charge in [0.15, 0.2) is 5.76 Å². The van der Waals surface area contributed by atoms with E-state index in [2.05, 4.69) is 5.32 Å². The van der Waals surface area contributed by atoms with E-state index >= 15 is 0 Å². The third kappa shape index (κ3) is 5.75. The first kappa shape index (κ1) is 19.7. The van der Waals surface area contributed by atoms with E-state index in [4.69, 9.17) is 20.8 Å². The molecule has 0 aliphatic heterocycles. The predicted octanol–water partition coefficient (Wildman–Crippen LogP) is 3.10. The van der Waals surface area contributed by atoms with Gasteiger partial charge >= 0.3 is 0 Å². The van der Waals surface area contributed by atoms with E-state index in [9.17, 15) is 14.9 Å². The molecule has 0 saturated carbocycles. The first-order valence-electron chi connectivity index (χ1n) is 7.95. The van der Waals surface area contributed by atoms with Crippen molar-refractivity contribution in [3.8, 4) is 5.75 Å². The zero-order chi connectivity index (χ0) is 19.1. The first-order chi connectivity index (χ1) is 12.4. The quantitative estimate of drug-likeness (QED) is 0.407. The number of halogens is 1. The maximum Gasteiger partial charge on any atom is 0.286 e. The van der Waals surface area contributed by atoms with Crippen molar-refractivity contribution < 1.29 is 18.9 Å². The molecule has 1 heterocycles. The van der Waals surface area contributed by atoms with Gasteiger partial charge in [-0.2, -0.15) is 0 Å². The highest BCUT2D eigenvalue weighted by Gasteiger charge is 2.13. The van der Waals surface area contributed by atoms with Crippen LogP contribution in [-0.2, 0) is 6.61 Å². The van der Waals surface area contributed by atoms with Crippen LogP contribution in [0.2, 0.25) is 5.02 Å². The molecule has 1 N–H and O–H groups in total. The van der Waals surface area contributed by atoms with Gasteiger partial charge < -0.3 is 19.4 Å². The largest absolute Gasteiger partial charge is 0.484 e. The number of ether oxygens (including phenoxy) is 1. The number of carbonyl (C=O) groups excluding carboxylic acids is 1. The summed E-state index contributed by atoms with van der Waals surface area (Å²) in [6.07, 6.45) is 0.841. The molecular weight excluding hydrogens is 362 g/mol. The minimum atomic E-state index is -0.536. The number of nitro groups is 1. The number of non-ortho nitro benzene ring substituents is 1. The van der Waals surface area contributed by atoms with Crippen molar-refractivity contribution in [2.24, 2.45) is 0 Å². The van der Waals surface area contributed by atoms with E-state index in [1.54, 1.807) is 12.1 Å². The predicted molar refractivity (Wildman–Crippen MR) is 96.7 cm³/mol. The highest BCUT2D eigenvalue weighted by molar-refractivity contribution is 6.32. The Morgan fingerprint density at radius 1 is 1.35 bits per heavy atom. The number of nitro benzene ring substituents is 1. The Morgan fingerprint density at radius 3 is 2.77 bits per heavy atom. The zero-order valence-electron chi connectivity index (χ0n) is 14.5. The van der Waals surface area contributed by atoms with Gasteiger partial charge in [-0.3, -0.25) is 14.9 Å². The third-order valence-electron chi connectivity index (χ3n) is 3.45. The summed E-state index contributed by atoms with van der Waals surface area (Å²) in [6, 6.07) is 7.13. The molecule has 0 spiro atoms. The Morgan fingerprint density at radius 2 is 2.12 bits per heavy atom. The lowest BCUT2D eigenvalue weighted by Crippen LogP contribution is -2.26. The van der Waals surface area contributed by atoms with Crippen molar-refractivity contribution in [2.75, 3.05) is 27.2 Å². The smallest absolute Gasteiger partial charge is 0.286 e. The van der Waals surface area contributed by atoms with Crippen LogP contribution in [0.15, 0.2) is 34.7 Å². The van der Waals surface area contributed by atoms with E-state index < -0.39 is 4.92 Å². The van der Waals surface area contributed by atoms with Crippen LogP contribution in [0.5, 0.6) is 5.75 Å². The molecule has 1 amide bonds.